The first kappa shape index (κ1) is 14.5. The molecule has 1 aromatic carbocycles. The minimum absolute atomic E-state index is 0.364. The summed E-state index contributed by atoms with van der Waals surface area (Å²) in [5, 5.41) is 1.96. The number of hydrogen-bond acceptors (Lipinski definition) is 5. The van der Waals surface area contributed by atoms with E-state index in [1.54, 1.807) is 24.5 Å². The summed E-state index contributed by atoms with van der Waals surface area (Å²) in [6, 6.07) is 11.7. The highest BCUT2D eigenvalue weighted by atomic mass is 32.1. The lowest BCUT2D eigenvalue weighted by Gasteiger charge is -2.03. The quantitative estimate of drug-likeness (QED) is 0.625. The second kappa shape index (κ2) is 6.58. The van der Waals surface area contributed by atoms with E-state index >= 15 is 0 Å². The molecule has 2 aromatic rings. The van der Waals surface area contributed by atoms with E-state index in [-0.39, 0.29) is 5.97 Å². The van der Waals surface area contributed by atoms with Crippen molar-refractivity contribution < 1.29 is 14.3 Å². The van der Waals surface area contributed by atoms with Crippen molar-refractivity contribution >= 4 is 29.3 Å². The number of aliphatic imine (C=N–C) groups is 1. The number of methoxy groups -OCH3 is 1. The predicted octanol–water partition coefficient (Wildman–Crippen LogP) is 3.69. The van der Waals surface area contributed by atoms with Crippen LogP contribution in [0.1, 0.15) is 16.9 Å². The van der Waals surface area contributed by atoms with Gasteiger partial charge >= 0.3 is 5.97 Å². The molecule has 112 valence electrons. The first-order chi connectivity index (χ1) is 10.7. The van der Waals surface area contributed by atoms with Gasteiger partial charge in [-0.2, -0.15) is 0 Å². The van der Waals surface area contributed by atoms with Crippen LogP contribution >= 0.6 is 11.3 Å². The molecule has 1 aromatic heterocycles. The fourth-order valence-electron chi connectivity index (χ4n) is 2.15. The van der Waals surface area contributed by atoms with Gasteiger partial charge in [-0.3, -0.25) is 0 Å². The summed E-state index contributed by atoms with van der Waals surface area (Å²) in [6.07, 6.45) is 3.09. The molecule has 3 rings (SSSR count). The fraction of sp³-hybridized carbons (Fsp3) is 0.176. The molecule has 0 spiro atoms. The SMILES string of the molecule is COc1cccc(CCC2=N/C(=C/c3cccs3)C(=O)O2)c1. The van der Waals surface area contributed by atoms with Gasteiger partial charge in [0.1, 0.15) is 5.75 Å². The topological polar surface area (TPSA) is 47.9 Å². The number of nitrogens with zero attached hydrogens (tertiary/aromatic N) is 1. The van der Waals surface area contributed by atoms with E-state index in [0.29, 0.717) is 18.0 Å². The number of ether oxygens (including phenoxy) is 2. The Balaban J connectivity index is 1.67. The number of thiophene rings is 1. The Kier molecular flexibility index (Phi) is 4.34. The van der Waals surface area contributed by atoms with E-state index in [9.17, 15) is 4.79 Å². The maximum atomic E-state index is 11.8. The van der Waals surface area contributed by atoms with Gasteiger partial charge in [-0.15, -0.1) is 11.3 Å². The first-order valence-corrected chi connectivity index (χ1v) is 7.80. The fourth-order valence-corrected chi connectivity index (χ4v) is 2.80. The van der Waals surface area contributed by atoms with E-state index in [4.69, 9.17) is 9.47 Å². The average Bonchev–Trinajstić information content (AvgIpc) is 3.16. The second-order valence-corrected chi connectivity index (χ2v) is 5.77. The van der Waals surface area contributed by atoms with Crippen LogP contribution in [0.5, 0.6) is 5.75 Å². The van der Waals surface area contributed by atoms with Crippen molar-refractivity contribution in [3.63, 3.8) is 0 Å². The Hall–Kier alpha value is -2.40. The highest BCUT2D eigenvalue weighted by Crippen LogP contribution is 2.21. The van der Waals surface area contributed by atoms with Gasteiger partial charge in [0.05, 0.1) is 7.11 Å². The maximum absolute atomic E-state index is 11.8. The molecule has 22 heavy (non-hydrogen) atoms. The monoisotopic (exact) mass is 313 g/mol. The highest BCUT2D eigenvalue weighted by Gasteiger charge is 2.22. The van der Waals surface area contributed by atoms with E-state index in [1.165, 1.54) is 0 Å². The lowest BCUT2D eigenvalue weighted by molar-refractivity contribution is -0.130. The van der Waals surface area contributed by atoms with E-state index in [2.05, 4.69) is 4.99 Å². The third-order valence-corrected chi connectivity index (χ3v) is 4.07. The Bertz CT molecular complexity index is 732. The van der Waals surface area contributed by atoms with Gasteiger partial charge in [0, 0.05) is 11.3 Å². The zero-order valence-electron chi connectivity index (χ0n) is 12.1. The van der Waals surface area contributed by atoms with Crippen LogP contribution in [0.3, 0.4) is 0 Å². The summed E-state index contributed by atoms with van der Waals surface area (Å²) in [6.45, 7) is 0. The lowest BCUT2D eigenvalue weighted by atomic mass is 10.1. The first-order valence-electron chi connectivity index (χ1n) is 6.92. The number of rotatable bonds is 5. The summed E-state index contributed by atoms with van der Waals surface area (Å²) >= 11 is 1.56. The number of esters is 1. The normalized spacial score (nSPS) is 15.8. The number of benzene rings is 1. The van der Waals surface area contributed by atoms with Crippen LogP contribution in [-0.2, 0) is 16.0 Å². The molecule has 1 aliphatic heterocycles. The predicted molar refractivity (Wildman–Crippen MR) is 87.1 cm³/mol. The van der Waals surface area contributed by atoms with Gasteiger partial charge in [-0.25, -0.2) is 9.79 Å². The second-order valence-electron chi connectivity index (χ2n) is 4.79. The smallest absolute Gasteiger partial charge is 0.363 e. The molecule has 0 bridgehead atoms. The Labute approximate surface area is 132 Å². The van der Waals surface area contributed by atoms with Crippen LogP contribution in [-0.4, -0.2) is 19.0 Å². The van der Waals surface area contributed by atoms with Crippen molar-refractivity contribution in [3.05, 3.63) is 57.9 Å². The van der Waals surface area contributed by atoms with E-state index in [1.807, 2.05) is 41.8 Å². The zero-order chi connectivity index (χ0) is 15.4. The van der Waals surface area contributed by atoms with Crippen LogP contribution in [0.4, 0.5) is 0 Å². The minimum Gasteiger partial charge on any atom is -0.497 e. The third kappa shape index (κ3) is 3.43. The molecule has 1 aliphatic rings. The lowest BCUT2D eigenvalue weighted by Crippen LogP contribution is -2.05. The summed E-state index contributed by atoms with van der Waals surface area (Å²) in [7, 11) is 1.64. The van der Waals surface area contributed by atoms with Gasteiger partial charge in [0.25, 0.3) is 0 Å². The zero-order valence-corrected chi connectivity index (χ0v) is 12.9. The Morgan fingerprint density at radius 2 is 2.18 bits per heavy atom. The van der Waals surface area contributed by atoms with E-state index < -0.39 is 0 Å². The van der Waals surface area contributed by atoms with Crippen molar-refractivity contribution in [2.45, 2.75) is 12.8 Å². The third-order valence-electron chi connectivity index (χ3n) is 3.25. The van der Waals surface area contributed by atoms with Gasteiger partial charge < -0.3 is 9.47 Å². The number of hydrogen-bond donors (Lipinski definition) is 0. The maximum Gasteiger partial charge on any atom is 0.363 e. The summed E-state index contributed by atoms with van der Waals surface area (Å²) in [4.78, 5) is 17.1. The molecule has 0 unspecified atom stereocenters. The van der Waals surface area contributed by atoms with E-state index in [0.717, 1.165) is 22.6 Å². The molecule has 0 radical (unpaired) electrons. The molecule has 0 aliphatic carbocycles. The summed E-state index contributed by atoms with van der Waals surface area (Å²) in [5.74, 6) is 0.908. The Morgan fingerprint density at radius 3 is 2.95 bits per heavy atom. The molecule has 0 amide bonds. The van der Waals surface area contributed by atoms with Crippen LogP contribution in [0.15, 0.2) is 52.5 Å². The average molecular weight is 313 g/mol. The van der Waals surface area contributed by atoms with Crippen LogP contribution < -0.4 is 4.74 Å². The van der Waals surface area contributed by atoms with Gasteiger partial charge in [-0.05, 0) is 41.6 Å². The molecular weight excluding hydrogens is 298 g/mol. The molecule has 2 heterocycles. The number of carbonyl (C=O) groups excluding carboxylic acids is 1. The number of cyclic esters (lactones) is 1. The van der Waals surface area contributed by atoms with Crippen LogP contribution in [0.2, 0.25) is 0 Å². The summed E-state index contributed by atoms with van der Waals surface area (Å²) in [5.41, 5.74) is 1.48. The molecule has 0 fully saturated rings. The van der Waals surface area contributed by atoms with Crippen molar-refractivity contribution in [1.82, 2.24) is 0 Å². The van der Waals surface area contributed by atoms with Crippen molar-refractivity contribution in [3.8, 4) is 5.75 Å². The molecule has 0 saturated carbocycles. The largest absolute Gasteiger partial charge is 0.497 e. The standard InChI is InChI=1S/C17H15NO3S/c1-20-13-5-2-4-12(10-13)7-8-16-18-15(17(19)21-16)11-14-6-3-9-22-14/h2-6,9-11H,7-8H2,1H3/b15-11+. The van der Waals surface area contributed by atoms with Gasteiger partial charge in [0.15, 0.2) is 11.6 Å². The van der Waals surface area contributed by atoms with Crippen molar-refractivity contribution in [2.75, 3.05) is 7.11 Å². The molecule has 0 atom stereocenters. The van der Waals surface area contributed by atoms with Crippen molar-refractivity contribution in [1.29, 1.82) is 0 Å². The molecule has 0 N–H and O–H groups in total. The van der Waals surface area contributed by atoms with Crippen molar-refractivity contribution in [2.24, 2.45) is 4.99 Å². The summed E-state index contributed by atoms with van der Waals surface area (Å²) < 4.78 is 10.4. The number of aryl methyl sites for hydroxylation is 1. The van der Waals surface area contributed by atoms with Gasteiger partial charge in [-0.1, -0.05) is 18.2 Å². The minimum atomic E-state index is -0.381. The molecule has 4 nitrogen and oxygen atoms in total. The Morgan fingerprint density at radius 1 is 1.27 bits per heavy atom. The molecule has 0 saturated heterocycles. The van der Waals surface area contributed by atoms with Crippen LogP contribution in [0.25, 0.3) is 6.08 Å². The highest BCUT2D eigenvalue weighted by molar-refractivity contribution is 7.10. The molecule has 5 heteroatoms. The van der Waals surface area contributed by atoms with Gasteiger partial charge in [0.2, 0.25) is 0 Å². The number of carbonyl (C=O) groups is 1. The van der Waals surface area contributed by atoms with Crippen LogP contribution in [0, 0.1) is 0 Å². The molecular formula is C17H15NO3S.